The lowest BCUT2D eigenvalue weighted by atomic mass is 9.73. The van der Waals surface area contributed by atoms with E-state index < -0.39 is 0 Å². The van der Waals surface area contributed by atoms with Crippen LogP contribution in [0.3, 0.4) is 0 Å². The van der Waals surface area contributed by atoms with E-state index in [2.05, 4.69) is 25.7 Å². The number of likely N-dealkylation sites (tertiary alicyclic amines) is 1. The van der Waals surface area contributed by atoms with Gasteiger partial charge in [0.1, 0.15) is 0 Å². The summed E-state index contributed by atoms with van der Waals surface area (Å²) in [7, 11) is 0. The molecular weight excluding hydrogens is 170 g/mol. The van der Waals surface area contributed by atoms with Crippen LogP contribution in [0.2, 0.25) is 0 Å². The second-order valence-electron chi connectivity index (χ2n) is 6.09. The molecule has 0 spiro atoms. The van der Waals surface area contributed by atoms with Crippen LogP contribution in [-0.4, -0.2) is 24.5 Å². The van der Waals surface area contributed by atoms with E-state index in [1.807, 2.05) is 0 Å². The molecule has 1 atom stereocenters. The summed E-state index contributed by atoms with van der Waals surface area (Å²) in [5.74, 6) is 1.90. The minimum Gasteiger partial charge on any atom is -0.303 e. The molecule has 0 aromatic carbocycles. The SMILES string of the molecule is CC(C)[C@@]1(C)CCCN(CC2CC2)C1. The Bertz CT molecular complexity index is 195. The molecule has 1 nitrogen and oxygen atoms in total. The van der Waals surface area contributed by atoms with Crippen LogP contribution in [0.1, 0.15) is 46.5 Å². The fourth-order valence-electron chi connectivity index (χ4n) is 2.67. The second-order valence-corrected chi connectivity index (χ2v) is 6.09. The zero-order valence-corrected chi connectivity index (χ0v) is 10.1. The van der Waals surface area contributed by atoms with Gasteiger partial charge in [-0.25, -0.2) is 0 Å². The molecule has 0 radical (unpaired) electrons. The number of piperidine rings is 1. The second kappa shape index (κ2) is 3.84. The summed E-state index contributed by atoms with van der Waals surface area (Å²) < 4.78 is 0. The van der Waals surface area contributed by atoms with Crippen LogP contribution in [0.4, 0.5) is 0 Å². The normalized spacial score (nSPS) is 35.1. The van der Waals surface area contributed by atoms with Gasteiger partial charge in [-0.1, -0.05) is 20.8 Å². The van der Waals surface area contributed by atoms with Crippen molar-refractivity contribution in [2.75, 3.05) is 19.6 Å². The summed E-state index contributed by atoms with van der Waals surface area (Å²) in [5, 5.41) is 0. The van der Waals surface area contributed by atoms with Gasteiger partial charge in [0.2, 0.25) is 0 Å². The Morgan fingerprint density at radius 3 is 2.64 bits per heavy atom. The van der Waals surface area contributed by atoms with Crippen LogP contribution in [0.15, 0.2) is 0 Å². The van der Waals surface area contributed by atoms with Gasteiger partial charge in [0.15, 0.2) is 0 Å². The Labute approximate surface area is 88.9 Å². The molecule has 1 saturated carbocycles. The first-order chi connectivity index (χ1) is 6.60. The lowest BCUT2D eigenvalue weighted by Gasteiger charge is -2.43. The molecule has 2 aliphatic rings. The molecule has 1 aliphatic heterocycles. The minimum absolute atomic E-state index is 0.590. The Morgan fingerprint density at radius 1 is 1.36 bits per heavy atom. The molecule has 0 amide bonds. The number of hydrogen-bond donors (Lipinski definition) is 0. The van der Waals surface area contributed by atoms with Gasteiger partial charge in [-0.15, -0.1) is 0 Å². The van der Waals surface area contributed by atoms with E-state index in [-0.39, 0.29) is 0 Å². The lowest BCUT2D eigenvalue weighted by molar-refractivity contribution is 0.0607. The Balaban J connectivity index is 1.88. The van der Waals surface area contributed by atoms with E-state index in [1.165, 1.54) is 45.3 Å². The van der Waals surface area contributed by atoms with Crippen LogP contribution in [-0.2, 0) is 0 Å². The van der Waals surface area contributed by atoms with Crippen molar-refractivity contribution in [1.29, 1.82) is 0 Å². The van der Waals surface area contributed by atoms with Crippen molar-refractivity contribution in [2.45, 2.75) is 46.5 Å². The third-order valence-corrected chi connectivity index (χ3v) is 4.41. The summed E-state index contributed by atoms with van der Waals surface area (Å²) in [6.45, 7) is 11.4. The van der Waals surface area contributed by atoms with Crippen molar-refractivity contribution in [3.8, 4) is 0 Å². The summed E-state index contributed by atoms with van der Waals surface area (Å²) in [5.41, 5.74) is 0.590. The van der Waals surface area contributed by atoms with Crippen LogP contribution >= 0.6 is 0 Å². The maximum Gasteiger partial charge on any atom is 0.00379 e. The van der Waals surface area contributed by atoms with Crippen molar-refractivity contribution in [3.63, 3.8) is 0 Å². The average Bonchev–Trinajstić information content (AvgIpc) is 2.88. The standard InChI is InChI=1S/C13H25N/c1-11(2)13(3)7-4-8-14(10-13)9-12-5-6-12/h11-12H,4-10H2,1-3H3/t13-/m0/s1. The fourth-order valence-corrected chi connectivity index (χ4v) is 2.67. The third-order valence-electron chi connectivity index (χ3n) is 4.41. The van der Waals surface area contributed by atoms with Crippen LogP contribution in [0.25, 0.3) is 0 Å². The first-order valence-electron chi connectivity index (χ1n) is 6.32. The van der Waals surface area contributed by atoms with E-state index >= 15 is 0 Å². The summed E-state index contributed by atoms with van der Waals surface area (Å²) in [4.78, 5) is 2.72. The summed E-state index contributed by atoms with van der Waals surface area (Å²) in [6.07, 6.45) is 5.84. The van der Waals surface area contributed by atoms with Gasteiger partial charge in [-0.05, 0) is 49.5 Å². The minimum atomic E-state index is 0.590. The highest BCUT2D eigenvalue weighted by Gasteiger charge is 2.35. The Kier molecular flexibility index (Phi) is 2.88. The topological polar surface area (TPSA) is 3.24 Å². The molecule has 0 N–H and O–H groups in total. The molecule has 0 unspecified atom stereocenters. The summed E-state index contributed by atoms with van der Waals surface area (Å²) in [6, 6.07) is 0. The molecule has 1 saturated heterocycles. The van der Waals surface area contributed by atoms with E-state index in [1.54, 1.807) is 0 Å². The molecule has 2 rings (SSSR count). The van der Waals surface area contributed by atoms with Crippen LogP contribution in [0, 0.1) is 17.3 Å². The molecular formula is C13H25N. The smallest absolute Gasteiger partial charge is 0.00379 e. The van der Waals surface area contributed by atoms with Crippen molar-refractivity contribution in [1.82, 2.24) is 4.90 Å². The first-order valence-corrected chi connectivity index (χ1v) is 6.32. The molecule has 0 bridgehead atoms. The highest BCUT2D eigenvalue weighted by Crippen LogP contribution is 2.38. The van der Waals surface area contributed by atoms with Gasteiger partial charge in [0.05, 0.1) is 0 Å². The summed E-state index contributed by atoms with van der Waals surface area (Å²) >= 11 is 0. The van der Waals surface area contributed by atoms with Gasteiger partial charge in [-0.3, -0.25) is 0 Å². The maximum absolute atomic E-state index is 2.72. The van der Waals surface area contributed by atoms with E-state index in [9.17, 15) is 0 Å². The van der Waals surface area contributed by atoms with Crippen LogP contribution in [0.5, 0.6) is 0 Å². The molecule has 1 heteroatoms. The highest BCUT2D eigenvalue weighted by molar-refractivity contribution is 4.88. The first kappa shape index (κ1) is 10.5. The van der Waals surface area contributed by atoms with Crippen molar-refractivity contribution in [3.05, 3.63) is 0 Å². The predicted octanol–water partition coefficient (Wildman–Crippen LogP) is 3.15. The molecule has 82 valence electrons. The monoisotopic (exact) mass is 195 g/mol. The predicted molar refractivity (Wildman–Crippen MR) is 61.3 cm³/mol. The maximum atomic E-state index is 2.72. The van der Waals surface area contributed by atoms with E-state index in [0.29, 0.717) is 5.41 Å². The quantitative estimate of drug-likeness (QED) is 0.668. The van der Waals surface area contributed by atoms with Gasteiger partial charge >= 0.3 is 0 Å². The van der Waals surface area contributed by atoms with Crippen LogP contribution < -0.4 is 0 Å². The van der Waals surface area contributed by atoms with E-state index in [0.717, 1.165) is 11.8 Å². The van der Waals surface area contributed by atoms with Gasteiger partial charge in [0.25, 0.3) is 0 Å². The van der Waals surface area contributed by atoms with E-state index in [4.69, 9.17) is 0 Å². The average molecular weight is 195 g/mol. The molecule has 0 aromatic rings. The molecule has 0 aromatic heterocycles. The molecule has 2 fully saturated rings. The molecule has 1 aliphatic carbocycles. The van der Waals surface area contributed by atoms with Crippen molar-refractivity contribution < 1.29 is 0 Å². The largest absolute Gasteiger partial charge is 0.303 e. The number of hydrogen-bond acceptors (Lipinski definition) is 1. The number of rotatable bonds is 3. The Hall–Kier alpha value is -0.0400. The molecule has 1 heterocycles. The van der Waals surface area contributed by atoms with Gasteiger partial charge in [-0.2, -0.15) is 0 Å². The van der Waals surface area contributed by atoms with Gasteiger partial charge < -0.3 is 4.90 Å². The number of nitrogens with zero attached hydrogens (tertiary/aromatic N) is 1. The lowest BCUT2D eigenvalue weighted by Crippen LogP contribution is -2.45. The van der Waals surface area contributed by atoms with Gasteiger partial charge in [0, 0.05) is 13.1 Å². The zero-order chi connectivity index (χ0) is 10.2. The Morgan fingerprint density at radius 2 is 2.07 bits per heavy atom. The van der Waals surface area contributed by atoms with Crippen molar-refractivity contribution in [2.24, 2.45) is 17.3 Å². The highest BCUT2D eigenvalue weighted by atomic mass is 15.1. The van der Waals surface area contributed by atoms with Crippen molar-refractivity contribution >= 4 is 0 Å². The fraction of sp³-hybridized carbons (Fsp3) is 1.00. The zero-order valence-electron chi connectivity index (χ0n) is 10.1. The molecule has 14 heavy (non-hydrogen) atoms. The third kappa shape index (κ3) is 2.31.